The Labute approximate surface area is 111 Å². The second kappa shape index (κ2) is 4.69. The normalized spacial score (nSPS) is 14.4. The van der Waals surface area contributed by atoms with E-state index in [0.29, 0.717) is 10.0 Å². The molecule has 2 N–H and O–H groups in total. The monoisotopic (exact) mass is 265 g/mol. The van der Waals surface area contributed by atoms with Crippen molar-refractivity contribution in [1.82, 2.24) is 0 Å². The van der Waals surface area contributed by atoms with Crippen LogP contribution >= 0.6 is 23.2 Å². The Bertz CT molecular complexity index is 521. The van der Waals surface area contributed by atoms with Crippen LogP contribution in [0.3, 0.4) is 0 Å². The van der Waals surface area contributed by atoms with E-state index in [-0.39, 0.29) is 0 Å². The third-order valence-corrected chi connectivity index (χ3v) is 3.43. The van der Waals surface area contributed by atoms with Crippen LogP contribution in [-0.2, 0) is 5.54 Å². The summed E-state index contributed by atoms with van der Waals surface area (Å²) in [5, 5.41) is 1.26. The molecule has 0 saturated carbocycles. The highest BCUT2D eigenvalue weighted by Gasteiger charge is 2.26. The van der Waals surface area contributed by atoms with E-state index in [9.17, 15) is 0 Å². The van der Waals surface area contributed by atoms with Gasteiger partial charge in [-0.25, -0.2) is 0 Å². The van der Waals surface area contributed by atoms with E-state index in [4.69, 9.17) is 28.9 Å². The maximum absolute atomic E-state index is 6.39. The van der Waals surface area contributed by atoms with Gasteiger partial charge in [-0.2, -0.15) is 0 Å². The number of nitrogens with two attached hydrogens (primary N) is 1. The Morgan fingerprint density at radius 3 is 2.29 bits per heavy atom. The zero-order chi connectivity index (χ0) is 12.5. The number of hydrogen-bond acceptors (Lipinski definition) is 1. The fourth-order valence-corrected chi connectivity index (χ4v) is 2.32. The van der Waals surface area contributed by atoms with Gasteiger partial charge in [0.2, 0.25) is 0 Å². The van der Waals surface area contributed by atoms with Gasteiger partial charge < -0.3 is 5.73 Å². The molecule has 0 aliphatic heterocycles. The van der Waals surface area contributed by atoms with Gasteiger partial charge in [0.25, 0.3) is 0 Å². The molecule has 1 unspecified atom stereocenters. The molecule has 0 aromatic heterocycles. The molecule has 0 fully saturated rings. The molecular formula is C14H13Cl2N. The lowest BCUT2D eigenvalue weighted by molar-refractivity contribution is 0.603. The molecule has 0 aliphatic carbocycles. The van der Waals surface area contributed by atoms with Crippen LogP contribution in [0.25, 0.3) is 0 Å². The van der Waals surface area contributed by atoms with Crippen LogP contribution in [0.15, 0.2) is 48.5 Å². The highest BCUT2D eigenvalue weighted by molar-refractivity contribution is 6.33. The van der Waals surface area contributed by atoms with Crippen LogP contribution in [0, 0.1) is 0 Å². The molecule has 0 bridgehead atoms. The zero-order valence-electron chi connectivity index (χ0n) is 9.45. The first-order valence-corrected chi connectivity index (χ1v) is 6.07. The smallest absolute Gasteiger partial charge is 0.0652 e. The number of benzene rings is 2. The number of rotatable bonds is 2. The predicted octanol–water partition coefficient (Wildman–Crippen LogP) is 4.22. The van der Waals surface area contributed by atoms with E-state index < -0.39 is 5.54 Å². The first-order chi connectivity index (χ1) is 8.01. The van der Waals surface area contributed by atoms with Gasteiger partial charge >= 0.3 is 0 Å². The van der Waals surface area contributed by atoms with Gasteiger partial charge in [-0.05, 0) is 36.2 Å². The lowest BCUT2D eigenvalue weighted by atomic mass is 9.86. The molecule has 0 amide bonds. The Balaban J connectivity index is 2.55. The summed E-state index contributed by atoms with van der Waals surface area (Å²) < 4.78 is 0. The largest absolute Gasteiger partial charge is 0.318 e. The van der Waals surface area contributed by atoms with E-state index in [2.05, 4.69) is 0 Å². The van der Waals surface area contributed by atoms with Crippen molar-refractivity contribution in [1.29, 1.82) is 0 Å². The van der Waals surface area contributed by atoms with Crippen molar-refractivity contribution in [3.05, 3.63) is 69.7 Å². The fraction of sp³-hybridized carbons (Fsp3) is 0.143. The zero-order valence-corrected chi connectivity index (χ0v) is 11.0. The van der Waals surface area contributed by atoms with Gasteiger partial charge in [-0.3, -0.25) is 0 Å². The van der Waals surface area contributed by atoms with Crippen LogP contribution in [-0.4, -0.2) is 0 Å². The predicted molar refractivity (Wildman–Crippen MR) is 73.5 cm³/mol. The van der Waals surface area contributed by atoms with E-state index in [1.54, 1.807) is 12.1 Å². The molecule has 0 saturated heterocycles. The van der Waals surface area contributed by atoms with Crippen molar-refractivity contribution < 1.29 is 0 Å². The van der Waals surface area contributed by atoms with Crippen LogP contribution < -0.4 is 5.73 Å². The summed E-state index contributed by atoms with van der Waals surface area (Å²) in [4.78, 5) is 0. The quantitative estimate of drug-likeness (QED) is 0.865. The fourth-order valence-electron chi connectivity index (χ4n) is 1.84. The maximum atomic E-state index is 6.39. The van der Waals surface area contributed by atoms with E-state index in [1.807, 2.05) is 43.3 Å². The van der Waals surface area contributed by atoms with Crippen molar-refractivity contribution in [3.8, 4) is 0 Å². The lowest BCUT2D eigenvalue weighted by Crippen LogP contribution is -2.34. The van der Waals surface area contributed by atoms with Gasteiger partial charge in [0.1, 0.15) is 0 Å². The minimum absolute atomic E-state index is 0.628. The Kier molecular flexibility index (Phi) is 3.43. The molecule has 0 spiro atoms. The van der Waals surface area contributed by atoms with Crippen LogP contribution in [0.2, 0.25) is 10.0 Å². The minimum Gasteiger partial charge on any atom is -0.318 e. The Morgan fingerprint density at radius 2 is 1.65 bits per heavy atom. The molecular weight excluding hydrogens is 253 g/mol. The maximum Gasteiger partial charge on any atom is 0.0652 e. The molecule has 3 heteroatoms. The summed E-state index contributed by atoms with van der Waals surface area (Å²) in [6.07, 6.45) is 0. The summed E-state index contributed by atoms with van der Waals surface area (Å²) in [5.41, 5.74) is 7.57. The molecule has 1 atom stereocenters. The van der Waals surface area contributed by atoms with Crippen molar-refractivity contribution in [2.45, 2.75) is 12.5 Å². The van der Waals surface area contributed by atoms with Gasteiger partial charge in [-0.15, -0.1) is 0 Å². The first-order valence-electron chi connectivity index (χ1n) is 5.32. The molecule has 1 nitrogen and oxygen atoms in total. The second-order valence-corrected chi connectivity index (χ2v) is 5.04. The average Bonchev–Trinajstić information content (AvgIpc) is 2.33. The number of halogens is 2. The van der Waals surface area contributed by atoms with Crippen LogP contribution in [0.1, 0.15) is 18.1 Å². The third-order valence-electron chi connectivity index (χ3n) is 2.86. The van der Waals surface area contributed by atoms with Gasteiger partial charge in [0.15, 0.2) is 0 Å². The van der Waals surface area contributed by atoms with Crippen molar-refractivity contribution in [2.75, 3.05) is 0 Å². The summed E-state index contributed by atoms with van der Waals surface area (Å²) in [6.45, 7) is 1.93. The molecule has 88 valence electrons. The van der Waals surface area contributed by atoms with E-state index >= 15 is 0 Å². The standard InChI is InChI=1S/C14H13Cl2N/c1-14(17,10-5-3-2-4-6-10)12-9-11(15)7-8-13(12)16/h2-9H,17H2,1H3. The molecule has 2 rings (SSSR count). The van der Waals surface area contributed by atoms with Crippen molar-refractivity contribution >= 4 is 23.2 Å². The Hall–Kier alpha value is -1.02. The molecule has 2 aromatic rings. The average molecular weight is 266 g/mol. The van der Waals surface area contributed by atoms with Crippen LogP contribution in [0.4, 0.5) is 0 Å². The van der Waals surface area contributed by atoms with Crippen LogP contribution in [0.5, 0.6) is 0 Å². The first kappa shape index (κ1) is 12.4. The van der Waals surface area contributed by atoms with Crippen molar-refractivity contribution in [2.24, 2.45) is 5.73 Å². The topological polar surface area (TPSA) is 26.0 Å². The SMILES string of the molecule is CC(N)(c1ccccc1)c1cc(Cl)ccc1Cl. The molecule has 0 aliphatic rings. The van der Waals surface area contributed by atoms with Crippen molar-refractivity contribution in [3.63, 3.8) is 0 Å². The van der Waals surface area contributed by atoms with Gasteiger partial charge in [-0.1, -0.05) is 53.5 Å². The molecule has 2 aromatic carbocycles. The number of hydrogen-bond donors (Lipinski definition) is 1. The lowest BCUT2D eigenvalue weighted by Gasteiger charge is -2.27. The Morgan fingerprint density at radius 1 is 1.00 bits per heavy atom. The summed E-state index contributed by atoms with van der Waals surface area (Å²) in [6, 6.07) is 15.2. The third kappa shape index (κ3) is 2.47. The molecule has 0 heterocycles. The highest BCUT2D eigenvalue weighted by atomic mass is 35.5. The van der Waals surface area contributed by atoms with E-state index in [0.717, 1.165) is 11.1 Å². The summed E-state index contributed by atoms with van der Waals surface area (Å²) in [5.74, 6) is 0. The highest BCUT2D eigenvalue weighted by Crippen LogP contribution is 2.33. The summed E-state index contributed by atoms with van der Waals surface area (Å²) in [7, 11) is 0. The second-order valence-electron chi connectivity index (χ2n) is 4.19. The van der Waals surface area contributed by atoms with E-state index in [1.165, 1.54) is 0 Å². The molecule has 0 radical (unpaired) electrons. The van der Waals surface area contributed by atoms with Gasteiger partial charge in [0, 0.05) is 10.0 Å². The minimum atomic E-state index is -0.650. The summed E-state index contributed by atoms with van der Waals surface area (Å²) >= 11 is 12.2. The van der Waals surface area contributed by atoms with Gasteiger partial charge in [0.05, 0.1) is 5.54 Å². The molecule has 17 heavy (non-hydrogen) atoms.